The molecule has 2 N–H and O–H groups in total. The molecule has 2 amide bonds. The van der Waals surface area contributed by atoms with E-state index in [0.717, 1.165) is 12.0 Å². The van der Waals surface area contributed by atoms with Gasteiger partial charge in [-0.2, -0.15) is 0 Å². The Labute approximate surface area is 146 Å². The van der Waals surface area contributed by atoms with Crippen LogP contribution in [0.4, 0.5) is 0 Å². The summed E-state index contributed by atoms with van der Waals surface area (Å²) in [5.74, 6) is -0.540. The number of nitrogens with one attached hydrogen (secondary N) is 2. The van der Waals surface area contributed by atoms with Crippen LogP contribution in [0.1, 0.15) is 46.7 Å². The van der Waals surface area contributed by atoms with Gasteiger partial charge >= 0.3 is 0 Å². The summed E-state index contributed by atoms with van der Waals surface area (Å²) in [5.41, 5.74) is 1.57. The van der Waals surface area contributed by atoms with Gasteiger partial charge in [0.05, 0.1) is 0 Å². The van der Waals surface area contributed by atoms with Gasteiger partial charge in [0.2, 0.25) is 0 Å². The van der Waals surface area contributed by atoms with Crippen molar-refractivity contribution < 1.29 is 9.59 Å². The van der Waals surface area contributed by atoms with Crippen molar-refractivity contribution in [3.05, 3.63) is 64.4 Å². The fraction of sp³-hybridized carbons (Fsp3) is 0.278. The van der Waals surface area contributed by atoms with E-state index in [4.69, 9.17) is 11.6 Å². The van der Waals surface area contributed by atoms with Crippen molar-refractivity contribution in [1.82, 2.24) is 15.6 Å². The molecule has 0 bridgehead atoms. The van der Waals surface area contributed by atoms with Crippen molar-refractivity contribution in [1.29, 1.82) is 0 Å². The van der Waals surface area contributed by atoms with E-state index in [-0.39, 0.29) is 23.6 Å². The van der Waals surface area contributed by atoms with Crippen LogP contribution in [0, 0.1) is 0 Å². The second kappa shape index (κ2) is 8.45. The molecule has 0 radical (unpaired) electrons. The molecule has 2 rings (SSSR count). The monoisotopic (exact) mass is 345 g/mol. The Bertz CT molecular complexity index is 716. The minimum atomic E-state index is -0.281. The molecule has 1 aromatic carbocycles. The molecule has 1 heterocycles. The largest absolute Gasteiger partial charge is 0.348 e. The summed E-state index contributed by atoms with van der Waals surface area (Å²) < 4.78 is 0. The molecule has 0 spiro atoms. The van der Waals surface area contributed by atoms with Crippen molar-refractivity contribution in [2.45, 2.75) is 32.9 Å². The minimum absolute atomic E-state index is 0.0571. The summed E-state index contributed by atoms with van der Waals surface area (Å²) in [7, 11) is 0. The Kier molecular flexibility index (Phi) is 6.32. The third-order valence-electron chi connectivity index (χ3n) is 3.61. The molecule has 24 heavy (non-hydrogen) atoms. The molecule has 0 saturated carbocycles. The zero-order chi connectivity index (χ0) is 17.5. The molecule has 5 nitrogen and oxygen atoms in total. The molecule has 1 aromatic heterocycles. The van der Waals surface area contributed by atoms with Gasteiger partial charge in [-0.15, -0.1) is 0 Å². The van der Waals surface area contributed by atoms with Gasteiger partial charge in [-0.1, -0.05) is 30.7 Å². The standard InChI is InChI=1S/C18H20ClN3O2/c1-3-12(2)22-18(24)16-10-14(8-9-20-16)17(23)21-11-13-4-6-15(19)7-5-13/h4-10,12H,3,11H2,1-2H3,(H,21,23)(H,22,24). The van der Waals surface area contributed by atoms with Gasteiger partial charge < -0.3 is 10.6 Å². The highest BCUT2D eigenvalue weighted by atomic mass is 35.5. The number of amides is 2. The van der Waals surface area contributed by atoms with Crippen molar-refractivity contribution in [3.63, 3.8) is 0 Å². The number of aromatic nitrogens is 1. The molecule has 1 unspecified atom stereocenters. The lowest BCUT2D eigenvalue weighted by molar-refractivity contribution is 0.0934. The number of hydrogen-bond acceptors (Lipinski definition) is 3. The topological polar surface area (TPSA) is 71.1 Å². The lowest BCUT2D eigenvalue weighted by atomic mass is 10.2. The van der Waals surface area contributed by atoms with Crippen LogP contribution in [-0.2, 0) is 6.54 Å². The van der Waals surface area contributed by atoms with Gasteiger partial charge in [0.15, 0.2) is 0 Å². The number of carbonyl (C=O) groups is 2. The predicted molar refractivity (Wildman–Crippen MR) is 94.1 cm³/mol. The van der Waals surface area contributed by atoms with Crippen molar-refractivity contribution in [2.24, 2.45) is 0 Å². The zero-order valence-corrected chi connectivity index (χ0v) is 14.4. The summed E-state index contributed by atoms with van der Waals surface area (Å²) >= 11 is 5.83. The molecule has 0 fully saturated rings. The quantitative estimate of drug-likeness (QED) is 0.844. The number of pyridine rings is 1. The summed E-state index contributed by atoms with van der Waals surface area (Å²) in [6.45, 7) is 4.28. The Balaban J connectivity index is 2.00. The molecule has 0 saturated heterocycles. The Morgan fingerprint density at radius 2 is 1.88 bits per heavy atom. The minimum Gasteiger partial charge on any atom is -0.348 e. The summed E-state index contributed by atoms with van der Waals surface area (Å²) in [5, 5.41) is 6.29. The number of hydrogen-bond donors (Lipinski definition) is 2. The first-order valence-corrected chi connectivity index (χ1v) is 8.17. The average molecular weight is 346 g/mol. The molecular formula is C18H20ClN3O2. The highest BCUT2D eigenvalue weighted by Gasteiger charge is 2.13. The second-order valence-electron chi connectivity index (χ2n) is 5.52. The maximum atomic E-state index is 12.2. The zero-order valence-electron chi connectivity index (χ0n) is 13.7. The molecule has 6 heteroatoms. The van der Waals surface area contributed by atoms with Crippen molar-refractivity contribution in [3.8, 4) is 0 Å². The lowest BCUT2D eigenvalue weighted by Gasteiger charge is -2.11. The fourth-order valence-corrected chi connectivity index (χ4v) is 2.11. The molecule has 0 aliphatic heterocycles. The van der Waals surface area contributed by atoms with E-state index in [1.165, 1.54) is 12.3 Å². The second-order valence-corrected chi connectivity index (χ2v) is 5.96. The summed E-state index contributed by atoms with van der Waals surface area (Å²) in [4.78, 5) is 28.4. The van der Waals surface area contributed by atoms with Crippen LogP contribution in [0.5, 0.6) is 0 Å². The van der Waals surface area contributed by atoms with Crippen LogP contribution >= 0.6 is 11.6 Å². The number of halogens is 1. The average Bonchev–Trinajstić information content (AvgIpc) is 2.60. The first-order valence-electron chi connectivity index (χ1n) is 7.79. The highest BCUT2D eigenvalue weighted by Crippen LogP contribution is 2.10. The predicted octanol–water partition coefficient (Wildman–Crippen LogP) is 3.19. The highest BCUT2D eigenvalue weighted by molar-refractivity contribution is 6.30. The lowest BCUT2D eigenvalue weighted by Crippen LogP contribution is -2.32. The van der Waals surface area contributed by atoms with Crippen molar-refractivity contribution in [2.75, 3.05) is 0 Å². The molecular weight excluding hydrogens is 326 g/mol. The number of carbonyl (C=O) groups excluding carboxylic acids is 2. The summed E-state index contributed by atoms with van der Waals surface area (Å²) in [6.07, 6.45) is 2.29. The van der Waals surface area contributed by atoms with Gasteiger partial charge in [-0.3, -0.25) is 14.6 Å². The molecule has 1 atom stereocenters. The van der Waals surface area contributed by atoms with Crippen LogP contribution in [0.15, 0.2) is 42.6 Å². The maximum Gasteiger partial charge on any atom is 0.270 e. The van der Waals surface area contributed by atoms with E-state index >= 15 is 0 Å². The van der Waals surface area contributed by atoms with Crippen molar-refractivity contribution >= 4 is 23.4 Å². The van der Waals surface area contributed by atoms with Gasteiger partial charge in [0.25, 0.3) is 11.8 Å². The Morgan fingerprint density at radius 3 is 2.54 bits per heavy atom. The molecule has 126 valence electrons. The Hall–Kier alpha value is -2.40. The van der Waals surface area contributed by atoms with E-state index in [1.54, 1.807) is 18.2 Å². The van der Waals surface area contributed by atoms with Gasteiger partial charge in [0.1, 0.15) is 5.69 Å². The Morgan fingerprint density at radius 1 is 1.17 bits per heavy atom. The first-order chi connectivity index (χ1) is 11.5. The molecule has 0 aliphatic rings. The van der Waals surface area contributed by atoms with Crippen LogP contribution in [0.3, 0.4) is 0 Å². The van der Waals surface area contributed by atoms with Crippen LogP contribution in [0.2, 0.25) is 5.02 Å². The number of rotatable bonds is 6. The van der Waals surface area contributed by atoms with Crippen LogP contribution in [0.25, 0.3) is 0 Å². The van der Waals surface area contributed by atoms with E-state index in [0.29, 0.717) is 17.1 Å². The smallest absolute Gasteiger partial charge is 0.270 e. The van der Waals surface area contributed by atoms with E-state index in [1.807, 2.05) is 26.0 Å². The van der Waals surface area contributed by atoms with Gasteiger partial charge in [-0.25, -0.2) is 0 Å². The maximum absolute atomic E-state index is 12.2. The van der Waals surface area contributed by atoms with Crippen LogP contribution < -0.4 is 10.6 Å². The normalized spacial score (nSPS) is 11.6. The number of benzene rings is 1. The number of nitrogens with zero attached hydrogens (tertiary/aromatic N) is 1. The third-order valence-corrected chi connectivity index (χ3v) is 3.86. The summed E-state index contributed by atoms with van der Waals surface area (Å²) in [6, 6.07) is 10.4. The van der Waals surface area contributed by atoms with E-state index < -0.39 is 0 Å². The first kappa shape index (κ1) is 17.9. The third kappa shape index (κ3) is 5.06. The molecule has 0 aliphatic carbocycles. The van der Waals surface area contributed by atoms with Gasteiger partial charge in [0, 0.05) is 29.4 Å². The molecule has 2 aromatic rings. The van der Waals surface area contributed by atoms with E-state index in [2.05, 4.69) is 15.6 Å². The fourth-order valence-electron chi connectivity index (χ4n) is 1.98. The van der Waals surface area contributed by atoms with Crippen LogP contribution in [-0.4, -0.2) is 22.8 Å². The van der Waals surface area contributed by atoms with E-state index in [9.17, 15) is 9.59 Å². The SMILES string of the molecule is CCC(C)NC(=O)c1cc(C(=O)NCc2ccc(Cl)cc2)ccn1. The van der Waals surface area contributed by atoms with Gasteiger partial charge in [-0.05, 0) is 43.2 Å².